The second-order valence-corrected chi connectivity index (χ2v) is 8.78. The van der Waals surface area contributed by atoms with Gasteiger partial charge in [-0.25, -0.2) is 18.0 Å². The van der Waals surface area contributed by atoms with E-state index in [1.54, 1.807) is 42.5 Å². The molecule has 0 radical (unpaired) electrons. The van der Waals surface area contributed by atoms with Crippen molar-refractivity contribution in [3.8, 4) is 5.75 Å². The van der Waals surface area contributed by atoms with Crippen molar-refractivity contribution in [2.75, 3.05) is 12.4 Å². The molecule has 2 amide bonds. The first kappa shape index (κ1) is 22.8. The van der Waals surface area contributed by atoms with Gasteiger partial charge in [0.2, 0.25) is 9.84 Å². The van der Waals surface area contributed by atoms with Crippen LogP contribution in [0.1, 0.15) is 5.56 Å². The molecule has 0 aliphatic rings. The molecule has 32 heavy (non-hydrogen) atoms. The molecule has 0 bridgehead atoms. The zero-order valence-corrected chi connectivity index (χ0v) is 18.0. The van der Waals surface area contributed by atoms with Crippen LogP contribution in [-0.4, -0.2) is 38.7 Å². The van der Waals surface area contributed by atoms with Crippen molar-refractivity contribution in [1.82, 2.24) is 5.32 Å². The number of phenols is 1. The zero-order chi connectivity index (χ0) is 23.1. The van der Waals surface area contributed by atoms with E-state index in [1.807, 2.05) is 0 Å². The van der Waals surface area contributed by atoms with Crippen LogP contribution < -0.4 is 10.6 Å². The lowest BCUT2D eigenvalue weighted by Crippen LogP contribution is -2.45. The molecule has 0 fully saturated rings. The number of carbonyl (C=O) groups is 2. The molecule has 0 heterocycles. The van der Waals surface area contributed by atoms with E-state index in [0.29, 0.717) is 5.56 Å². The van der Waals surface area contributed by atoms with Gasteiger partial charge in [-0.1, -0.05) is 42.5 Å². The van der Waals surface area contributed by atoms with Gasteiger partial charge in [0.05, 0.1) is 22.6 Å². The van der Waals surface area contributed by atoms with Gasteiger partial charge in [-0.15, -0.1) is 0 Å². The summed E-state index contributed by atoms with van der Waals surface area (Å²) in [6.45, 7) is 0. The van der Waals surface area contributed by atoms with E-state index in [4.69, 9.17) is 4.74 Å². The lowest BCUT2D eigenvalue weighted by Gasteiger charge is -2.18. The highest BCUT2D eigenvalue weighted by Crippen LogP contribution is 2.27. The Morgan fingerprint density at radius 1 is 0.938 bits per heavy atom. The highest BCUT2D eigenvalue weighted by molar-refractivity contribution is 7.91. The lowest BCUT2D eigenvalue weighted by atomic mass is 10.1. The van der Waals surface area contributed by atoms with E-state index >= 15 is 0 Å². The third kappa shape index (κ3) is 5.44. The Hall–Kier alpha value is -3.85. The summed E-state index contributed by atoms with van der Waals surface area (Å²) in [4.78, 5) is 24.8. The maximum atomic E-state index is 13.0. The molecule has 3 aromatic rings. The third-order valence-corrected chi connectivity index (χ3v) is 6.47. The number of sulfone groups is 1. The van der Waals surface area contributed by atoms with Gasteiger partial charge in [0.15, 0.2) is 0 Å². The minimum absolute atomic E-state index is 0.0714. The normalized spacial score (nSPS) is 11.9. The van der Waals surface area contributed by atoms with Crippen LogP contribution in [0.15, 0.2) is 88.7 Å². The van der Waals surface area contributed by atoms with Crippen LogP contribution >= 0.6 is 0 Å². The number of rotatable bonds is 7. The van der Waals surface area contributed by atoms with Gasteiger partial charge in [-0.3, -0.25) is 0 Å². The van der Waals surface area contributed by atoms with Crippen LogP contribution in [-0.2, 0) is 25.8 Å². The number of urea groups is 1. The van der Waals surface area contributed by atoms with E-state index in [9.17, 15) is 23.1 Å². The molecule has 0 aliphatic heterocycles. The maximum Gasteiger partial charge on any atom is 0.328 e. The number of phenolic OH excluding ortho intramolecular Hbond substituents is 1. The summed E-state index contributed by atoms with van der Waals surface area (Å²) in [5.74, 6) is -0.594. The third-order valence-electron chi connectivity index (χ3n) is 4.65. The van der Waals surface area contributed by atoms with E-state index in [2.05, 4.69) is 10.6 Å². The highest BCUT2D eigenvalue weighted by Gasteiger charge is 2.25. The Morgan fingerprint density at radius 2 is 1.56 bits per heavy atom. The molecule has 0 saturated carbocycles. The number of ether oxygens (including phenoxy) is 1. The summed E-state index contributed by atoms with van der Waals surface area (Å²) in [6.07, 6.45) is 0.115. The molecule has 0 aromatic heterocycles. The van der Waals surface area contributed by atoms with Gasteiger partial charge in [0.1, 0.15) is 11.8 Å². The SMILES string of the molecule is COC(=O)[C@H](Cc1ccc(O)cc1)NC(=O)Nc1ccccc1S(=O)(=O)c1ccccc1. The van der Waals surface area contributed by atoms with E-state index in [1.165, 1.54) is 43.5 Å². The molecular weight excluding hydrogens is 432 g/mol. The molecule has 0 aliphatic carbocycles. The number of esters is 1. The Bertz CT molecular complexity index is 1190. The average molecular weight is 455 g/mol. The number of nitrogens with one attached hydrogen (secondary N) is 2. The van der Waals surface area contributed by atoms with Crippen molar-refractivity contribution < 1.29 is 27.9 Å². The van der Waals surface area contributed by atoms with E-state index in [-0.39, 0.29) is 27.6 Å². The Kier molecular flexibility index (Phi) is 7.11. The summed E-state index contributed by atoms with van der Waals surface area (Å²) in [7, 11) is -2.67. The number of hydrogen-bond acceptors (Lipinski definition) is 6. The van der Waals surface area contributed by atoms with Gasteiger partial charge in [0, 0.05) is 6.42 Å². The maximum absolute atomic E-state index is 13.0. The van der Waals surface area contributed by atoms with Crippen molar-refractivity contribution in [3.63, 3.8) is 0 Å². The first-order valence-corrected chi connectivity index (χ1v) is 11.1. The van der Waals surface area contributed by atoms with Gasteiger partial charge < -0.3 is 20.5 Å². The average Bonchev–Trinajstić information content (AvgIpc) is 2.80. The van der Waals surface area contributed by atoms with Crippen LogP contribution in [0, 0.1) is 0 Å². The minimum Gasteiger partial charge on any atom is -0.508 e. The van der Waals surface area contributed by atoms with Gasteiger partial charge in [-0.2, -0.15) is 0 Å². The molecule has 3 aromatic carbocycles. The second kappa shape index (κ2) is 9.97. The fourth-order valence-corrected chi connectivity index (χ4v) is 4.49. The van der Waals surface area contributed by atoms with Crippen molar-refractivity contribution in [2.45, 2.75) is 22.3 Å². The molecule has 0 unspecified atom stereocenters. The van der Waals surface area contributed by atoms with Crippen LogP contribution in [0.4, 0.5) is 10.5 Å². The summed E-state index contributed by atoms with van der Waals surface area (Å²) in [6, 6.07) is 18.2. The smallest absolute Gasteiger partial charge is 0.328 e. The number of benzene rings is 3. The van der Waals surface area contributed by atoms with E-state index in [0.717, 1.165) is 0 Å². The minimum atomic E-state index is -3.88. The predicted molar refractivity (Wildman–Crippen MR) is 118 cm³/mol. The standard InChI is InChI=1S/C23H22N2O6S/c1-31-22(27)20(15-16-11-13-17(26)14-12-16)25-23(28)24-19-9-5-6-10-21(19)32(29,30)18-7-3-2-4-8-18/h2-14,20,26H,15H2,1H3,(H2,24,25,28)/t20-/m0/s1. The number of anilines is 1. The molecule has 3 N–H and O–H groups in total. The lowest BCUT2D eigenvalue weighted by molar-refractivity contribution is -0.142. The largest absolute Gasteiger partial charge is 0.508 e. The molecule has 0 spiro atoms. The Morgan fingerprint density at radius 3 is 2.22 bits per heavy atom. The molecule has 1 atom stereocenters. The van der Waals surface area contributed by atoms with Crippen LogP contribution in [0.3, 0.4) is 0 Å². The monoisotopic (exact) mass is 454 g/mol. The summed E-state index contributed by atoms with van der Waals surface area (Å²) >= 11 is 0. The molecule has 166 valence electrons. The number of hydrogen-bond donors (Lipinski definition) is 3. The van der Waals surface area contributed by atoms with Crippen molar-refractivity contribution in [2.24, 2.45) is 0 Å². The van der Waals surface area contributed by atoms with Gasteiger partial charge >= 0.3 is 12.0 Å². The summed E-state index contributed by atoms with van der Waals surface area (Å²) in [5, 5.41) is 14.4. The quantitative estimate of drug-likeness (QED) is 0.472. The fourth-order valence-electron chi connectivity index (χ4n) is 3.05. The first-order chi connectivity index (χ1) is 15.3. The number of methoxy groups -OCH3 is 1. The van der Waals surface area contributed by atoms with Crippen molar-refractivity contribution in [3.05, 3.63) is 84.4 Å². The van der Waals surface area contributed by atoms with E-state index < -0.39 is 27.9 Å². The van der Waals surface area contributed by atoms with Crippen molar-refractivity contribution in [1.29, 1.82) is 0 Å². The molecule has 9 heteroatoms. The van der Waals surface area contributed by atoms with Crippen molar-refractivity contribution >= 4 is 27.5 Å². The first-order valence-electron chi connectivity index (χ1n) is 9.63. The molecule has 0 saturated heterocycles. The topological polar surface area (TPSA) is 122 Å². The predicted octanol–water partition coefficient (Wildman–Crippen LogP) is 3.13. The zero-order valence-electron chi connectivity index (χ0n) is 17.2. The number of carbonyl (C=O) groups excluding carboxylic acids is 2. The molecular formula is C23H22N2O6S. The van der Waals surface area contributed by atoms with Crippen LogP contribution in [0.5, 0.6) is 5.75 Å². The number of aromatic hydroxyl groups is 1. The number of amides is 2. The fraction of sp³-hybridized carbons (Fsp3) is 0.130. The second-order valence-electron chi connectivity index (χ2n) is 6.86. The summed E-state index contributed by atoms with van der Waals surface area (Å²) < 4.78 is 30.8. The molecule has 3 rings (SSSR count). The van der Waals surface area contributed by atoms with Crippen LogP contribution in [0.25, 0.3) is 0 Å². The Balaban J connectivity index is 1.80. The van der Waals surface area contributed by atoms with Crippen LogP contribution in [0.2, 0.25) is 0 Å². The number of para-hydroxylation sites is 1. The molecule has 8 nitrogen and oxygen atoms in total. The highest BCUT2D eigenvalue weighted by atomic mass is 32.2. The van der Waals surface area contributed by atoms with Gasteiger partial charge in [0.25, 0.3) is 0 Å². The van der Waals surface area contributed by atoms with Gasteiger partial charge in [-0.05, 0) is 42.0 Å². The summed E-state index contributed by atoms with van der Waals surface area (Å²) in [5.41, 5.74) is 0.757. The Labute approximate surface area is 185 Å².